The molecule has 4 unspecified atom stereocenters. The highest BCUT2D eigenvalue weighted by atomic mass is 35.5. The third-order valence-corrected chi connectivity index (χ3v) is 8.24. The summed E-state index contributed by atoms with van der Waals surface area (Å²) in [4.78, 5) is 4.58. The van der Waals surface area contributed by atoms with E-state index in [1.54, 1.807) is 0 Å². The van der Waals surface area contributed by atoms with E-state index in [0.717, 1.165) is 44.2 Å². The summed E-state index contributed by atoms with van der Waals surface area (Å²) in [6.45, 7) is 11.9. The van der Waals surface area contributed by atoms with E-state index in [4.69, 9.17) is 4.74 Å². The maximum absolute atomic E-state index is 13.1. The number of rotatable bonds is 6. The van der Waals surface area contributed by atoms with E-state index in [2.05, 4.69) is 30.6 Å². The number of β-amino-alcohol motifs (C(OH)–C–C–N with tert-alkyl or cyclic N) is 1. The second kappa shape index (κ2) is 9.91. The average molecular weight is 463 g/mol. The van der Waals surface area contributed by atoms with Gasteiger partial charge in [-0.05, 0) is 60.3 Å². The van der Waals surface area contributed by atoms with Crippen LogP contribution in [-0.4, -0.2) is 61.5 Å². The third kappa shape index (κ3) is 4.75. The van der Waals surface area contributed by atoms with Crippen LogP contribution >= 0.6 is 24.8 Å². The number of piperazine rings is 1. The van der Waals surface area contributed by atoms with E-state index >= 15 is 0 Å². The van der Waals surface area contributed by atoms with Gasteiger partial charge >= 0.3 is 0 Å². The highest BCUT2D eigenvalue weighted by Gasteiger charge is 2.61. The van der Waals surface area contributed by atoms with Gasteiger partial charge in [0.05, 0.1) is 18.8 Å². The molecule has 2 bridgehead atoms. The van der Waals surface area contributed by atoms with Crippen molar-refractivity contribution < 1.29 is 14.2 Å². The zero-order chi connectivity index (χ0) is 19.9. The van der Waals surface area contributed by atoms with E-state index in [1.165, 1.54) is 25.0 Å². The van der Waals surface area contributed by atoms with Crippen LogP contribution in [0.15, 0.2) is 24.3 Å². The fraction of sp³-hybridized carbons (Fsp3) is 0.739. The second-order valence-corrected chi connectivity index (χ2v) is 9.85. The summed E-state index contributed by atoms with van der Waals surface area (Å²) in [5, 5.41) is 10.5. The van der Waals surface area contributed by atoms with Gasteiger partial charge < -0.3 is 14.7 Å². The maximum Gasteiger partial charge on any atom is 0.123 e. The average Bonchev–Trinajstić information content (AvgIpc) is 3.01. The molecule has 1 aliphatic heterocycles. The highest BCUT2D eigenvalue weighted by molar-refractivity contribution is 5.85. The van der Waals surface area contributed by atoms with Gasteiger partial charge in [-0.2, -0.15) is 0 Å². The molecular weight excluding hydrogens is 426 g/mol. The quantitative estimate of drug-likeness (QED) is 0.679. The molecule has 4 rings (SSSR count). The first-order valence-corrected chi connectivity index (χ1v) is 10.8. The van der Waals surface area contributed by atoms with Crippen LogP contribution in [0.2, 0.25) is 0 Å². The van der Waals surface area contributed by atoms with Gasteiger partial charge in [0.2, 0.25) is 0 Å². The topological polar surface area (TPSA) is 35.9 Å². The number of hydrogen-bond acceptors (Lipinski definition) is 4. The van der Waals surface area contributed by atoms with E-state index in [9.17, 15) is 9.50 Å². The molecule has 4 nitrogen and oxygen atoms in total. The van der Waals surface area contributed by atoms with Gasteiger partial charge in [-0.25, -0.2) is 4.39 Å². The van der Waals surface area contributed by atoms with Crippen molar-refractivity contribution in [3.63, 3.8) is 0 Å². The standard InChI is InChI=1S/C23H35FN2O2.2ClH/c1-22(2)17-8-9-23(22,3)21(14-17)28-16-20(27)15-25-10-12-26(13-11-25)19-6-4-18(24)5-7-19;;/h4-7,17,20-21,27H,8-16H2,1-3H3;2*1H. The lowest BCUT2D eigenvalue weighted by Crippen LogP contribution is -2.49. The molecule has 0 aromatic heterocycles. The molecule has 1 aromatic rings. The van der Waals surface area contributed by atoms with Gasteiger partial charge in [0.1, 0.15) is 5.82 Å². The molecule has 2 saturated carbocycles. The first-order chi connectivity index (χ1) is 13.3. The number of anilines is 1. The van der Waals surface area contributed by atoms with Crippen LogP contribution < -0.4 is 4.90 Å². The fourth-order valence-corrected chi connectivity index (χ4v) is 5.80. The van der Waals surface area contributed by atoms with Crippen LogP contribution in [0.5, 0.6) is 0 Å². The first kappa shape index (κ1) is 25.7. The SMILES string of the molecule is CC1(C)C2CCC1(C)C(OCC(O)CN1CCN(c3ccc(F)cc3)CC1)C2.Cl.Cl. The summed E-state index contributed by atoms with van der Waals surface area (Å²) in [6, 6.07) is 6.71. The molecule has 0 radical (unpaired) electrons. The highest BCUT2D eigenvalue weighted by Crippen LogP contribution is 2.66. The summed E-state index contributed by atoms with van der Waals surface area (Å²) >= 11 is 0. The molecule has 2 aliphatic carbocycles. The lowest BCUT2D eigenvalue weighted by molar-refractivity contribution is -0.0794. The predicted molar refractivity (Wildman–Crippen MR) is 125 cm³/mol. The molecule has 3 fully saturated rings. The zero-order valence-electron chi connectivity index (χ0n) is 18.3. The number of aliphatic hydroxyl groups excluding tert-OH is 1. The molecule has 0 amide bonds. The number of ether oxygens (including phenoxy) is 1. The molecule has 172 valence electrons. The minimum Gasteiger partial charge on any atom is -0.389 e. The molecule has 3 aliphatic rings. The van der Waals surface area contributed by atoms with Gasteiger partial charge in [0, 0.05) is 38.4 Å². The lowest BCUT2D eigenvalue weighted by Gasteiger charge is -2.39. The van der Waals surface area contributed by atoms with Gasteiger partial charge in [-0.3, -0.25) is 4.90 Å². The van der Waals surface area contributed by atoms with E-state index in [-0.39, 0.29) is 42.2 Å². The molecular formula is C23H37Cl2FN2O2. The van der Waals surface area contributed by atoms with E-state index in [1.807, 2.05) is 12.1 Å². The minimum atomic E-state index is -0.441. The molecule has 1 aromatic carbocycles. The van der Waals surface area contributed by atoms with E-state index in [0.29, 0.717) is 18.6 Å². The largest absolute Gasteiger partial charge is 0.389 e. The van der Waals surface area contributed by atoms with Crippen molar-refractivity contribution >= 4 is 30.5 Å². The Kier molecular flexibility index (Phi) is 8.48. The molecule has 1 saturated heterocycles. The van der Waals surface area contributed by atoms with Crippen molar-refractivity contribution in [2.75, 3.05) is 44.2 Å². The van der Waals surface area contributed by atoms with Crippen molar-refractivity contribution in [1.29, 1.82) is 0 Å². The van der Waals surface area contributed by atoms with Gasteiger partial charge in [-0.15, -0.1) is 24.8 Å². The second-order valence-electron chi connectivity index (χ2n) is 9.85. The summed E-state index contributed by atoms with van der Waals surface area (Å²) in [6.07, 6.45) is 3.56. The van der Waals surface area contributed by atoms with Crippen molar-refractivity contribution in [3.05, 3.63) is 30.1 Å². The van der Waals surface area contributed by atoms with Crippen molar-refractivity contribution in [2.24, 2.45) is 16.7 Å². The Labute approximate surface area is 193 Å². The van der Waals surface area contributed by atoms with Crippen LogP contribution in [0.4, 0.5) is 10.1 Å². The molecule has 1 N–H and O–H groups in total. The third-order valence-electron chi connectivity index (χ3n) is 8.24. The van der Waals surface area contributed by atoms with Crippen LogP contribution in [0.25, 0.3) is 0 Å². The Morgan fingerprint density at radius 2 is 1.73 bits per heavy atom. The van der Waals surface area contributed by atoms with E-state index < -0.39 is 6.10 Å². The zero-order valence-corrected chi connectivity index (χ0v) is 20.0. The fourth-order valence-electron chi connectivity index (χ4n) is 5.80. The number of nitrogens with zero attached hydrogens (tertiary/aromatic N) is 2. The number of aliphatic hydroxyl groups is 1. The molecule has 1 heterocycles. The summed E-state index contributed by atoms with van der Waals surface area (Å²) in [5.74, 6) is 0.567. The summed E-state index contributed by atoms with van der Waals surface area (Å²) in [5.41, 5.74) is 1.66. The van der Waals surface area contributed by atoms with Crippen LogP contribution in [0.3, 0.4) is 0 Å². The molecule has 0 spiro atoms. The molecule has 7 heteroatoms. The Morgan fingerprint density at radius 3 is 2.27 bits per heavy atom. The van der Waals surface area contributed by atoms with Crippen LogP contribution in [-0.2, 0) is 4.74 Å². The Hall–Kier alpha value is -0.590. The van der Waals surface area contributed by atoms with Crippen molar-refractivity contribution in [1.82, 2.24) is 4.90 Å². The number of fused-ring (bicyclic) bond motifs is 2. The number of hydrogen-bond donors (Lipinski definition) is 1. The molecule has 4 atom stereocenters. The van der Waals surface area contributed by atoms with Crippen molar-refractivity contribution in [2.45, 2.75) is 52.2 Å². The minimum absolute atomic E-state index is 0. The predicted octanol–water partition coefficient (Wildman–Crippen LogP) is 4.38. The number of benzene rings is 1. The van der Waals surface area contributed by atoms with Gasteiger partial charge in [0.25, 0.3) is 0 Å². The Morgan fingerprint density at radius 1 is 1.10 bits per heavy atom. The van der Waals surface area contributed by atoms with Gasteiger partial charge in [0.15, 0.2) is 0 Å². The summed E-state index contributed by atoms with van der Waals surface area (Å²) < 4.78 is 19.4. The monoisotopic (exact) mass is 462 g/mol. The van der Waals surface area contributed by atoms with Crippen LogP contribution in [0.1, 0.15) is 40.0 Å². The Bertz CT molecular complexity index is 682. The normalized spacial score (nSPS) is 31.2. The summed E-state index contributed by atoms with van der Waals surface area (Å²) in [7, 11) is 0. The Balaban J connectivity index is 0.00000160. The smallest absolute Gasteiger partial charge is 0.123 e. The van der Waals surface area contributed by atoms with Crippen molar-refractivity contribution in [3.8, 4) is 0 Å². The molecule has 30 heavy (non-hydrogen) atoms. The lowest BCUT2D eigenvalue weighted by atomic mass is 9.70. The van der Waals surface area contributed by atoms with Crippen LogP contribution in [0, 0.1) is 22.6 Å². The number of halogens is 3. The maximum atomic E-state index is 13.1. The van der Waals surface area contributed by atoms with Gasteiger partial charge in [-0.1, -0.05) is 20.8 Å². The first-order valence-electron chi connectivity index (χ1n) is 10.8.